The standard InChI is InChI=1S/C11H19NO3/c1-11(2,3)6-9-12-8(7-15-9)4-5-10(13)14/h8H,4-7H2,1-3H3,(H,13,14). The maximum atomic E-state index is 10.4. The van der Waals surface area contributed by atoms with Crippen molar-refractivity contribution in [2.24, 2.45) is 10.4 Å². The third-order valence-corrected chi connectivity index (χ3v) is 2.14. The number of aliphatic carboxylic acids is 1. The van der Waals surface area contributed by atoms with Crippen molar-refractivity contribution in [1.29, 1.82) is 0 Å². The van der Waals surface area contributed by atoms with E-state index in [0.29, 0.717) is 13.0 Å². The molecule has 1 atom stereocenters. The van der Waals surface area contributed by atoms with Crippen molar-refractivity contribution >= 4 is 11.9 Å². The Labute approximate surface area is 90.3 Å². The number of rotatable bonds is 4. The van der Waals surface area contributed by atoms with Gasteiger partial charge in [-0.2, -0.15) is 0 Å². The molecule has 86 valence electrons. The first-order valence-electron chi connectivity index (χ1n) is 5.28. The molecule has 0 saturated carbocycles. The molecule has 0 aromatic heterocycles. The van der Waals surface area contributed by atoms with Gasteiger partial charge in [0.2, 0.25) is 0 Å². The molecule has 0 bridgehead atoms. The summed E-state index contributed by atoms with van der Waals surface area (Å²) in [6.07, 6.45) is 1.56. The summed E-state index contributed by atoms with van der Waals surface area (Å²) in [5, 5.41) is 8.54. The number of ether oxygens (including phenoxy) is 1. The second kappa shape index (κ2) is 4.64. The number of hydrogen-bond donors (Lipinski definition) is 1. The molecule has 1 heterocycles. The van der Waals surface area contributed by atoms with Crippen molar-refractivity contribution < 1.29 is 14.6 Å². The van der Waals surface area contributed by atoms with Crippen LogP contribution in [0.25, 0.3) is 0 Å². The van der Waals surface area contributed by atoms with Gasteiger partial charge in [0.15, 0.2) is 5.90 Å². The highest BCUT2D eigenvalue weighted by molar-refractivity contribution is 5.78. The van der Waals surface area contributed by atoms with E-state index in [0.717, 1.165) is 12.3 Å². The predicted octanol–water partition coefficient (Wildman–Crippen LogP) is 2.08. The molecule has 1 N–H and O–H groups in total. The smallest absolute Gasteiger partial charge is 0.303 e. The molecular formula is C11H19NO3. The van der Waals surface area contributed by atoms with Crippen LogP contribution in [-0.4, -0.2) is 29.6 Å². The van der Waals surface area contributed by atoms with Gasteiger partial charge in [-0.1, -0.05) is 20.8 Å². The van der Waals surface area contributed by atoms with Crippen LogP contribution in [0.2, 0.25) is 0 Å². The highest BCUT2D eigenvalue weighted by atomic mass is 16.5. The fourth-order valence-electron chi connectivity index (χ4n) is 1.46. The second-order valence-corrected chi connectivity index (χ2v) is 5.16. The maximum Gasteiger partial charge on any atom is 0.303 e. The Morgan fingerprint density at radius 2 is 2.27 bits per heavy atom. The first-order valence-corrected chi connectivity index (χ1v) is 5.28. The van der Waals surface area contributed by atoms with E-state index in [4.69, 9.17) is 9.84 Å². The van der Waals surface area contributed by atoms with Crippen LogP contribution in [0.1, 0.15) is 40.0 Å². The summed E-state index contributed by atoms with van der Waals surface area (Å²) in [6, 6.07) is 0.0402. The van der Waals surface area contributed by atoms with Gasteiger partial charge in [-0.05, 0) is 11.8 Å². The summed E-state index contributed by atoms with van der Waals surface area (Å²) in [4.78, 5) is 14.8. The zero-order valence-corrected chi connectivity index (χ0v) is 9.62. The third kappa shape index (κ3) is 4.81. The maximum absolute atomic E-state index is 10.4. The van der Waals surface area contributed by atoms with E-state index in [1.165, 1.54) is 0 Å². The first-order chi connectivity index (χ1) is 6.87. The summed E-state index contributed by atoms with van der Waals surface area (Å²) in [6.45, 7) is 6.93. The molecule has 4 heteroatoms. The number of carboxylic acids is 1. The molecule has 0 aliphatic carbocycles. The van der Waals surface area contributed by atoms with Crippen molar-refractivity contribution in [3.8, 4) is 0 Å². The zero-order valence-electron chi connectivity index (χ0n) is 9.62. The quantitative estimate of drug-likeness (QED) is 0.777. The molecule has 1 unspecified atom stereocenters. The van der Waals surface area contributed by atoms with Crippen LogP contribution >= 0.6 is 0 Å². The van der Waals surface area contributed by atoms with Crippen molar-refractivity contribution in [2.45, 2.75) is 46.1 Å². The highest BCUT2D eigenvalue weighted by Gasteiger charge is 2.23. The van der Waals surface area contributed by atoms with Gasteiger partial charge in [-0.3, -0.25) is 4.79 Å². The predicted molar refractivity (Wildman–Crippen MR) is 58.1 cm³/mol. The van der Waals surface area contributed by atoms with Crippen LogP contribution in [0.3, 0.4) is 0 Å². The Morgan fingerprint density at radius 1 is 1.60 bits per heavy atom. The summed E-state index contributed by atoms with van der Waals surface area (Å²) >= 11 is 0. The van der Waals surface area contributed by atoms with Gasteiger partial charge in [0.05, 0.1) is 6.04 Å². The molecule has 0 aromatic carbocycles. The van der Waals surface area contributed by atoms with Crippen LogP contribution in [0.5, 0.6) is 0 Å². The van der Waals surface area contributed by atoms with Crippen molar-refractivity contribution in [3.05, 3.63) is 0 Å². The Bertz CT molecular complexity index is 265. The minimum atomic E-state index is -0.769. The molecule has 0 amide bonds. The molecule has 4 nitrogen and oxygen atoms in total. The molecule has 1 aliphatic rings. The van der Waals surface area contributed by atoms with E-state index in [2.05, 4.69) is 25.8 Å². The number of carbonyl (C=O) groups is 1. The number of carboxylic acid groups (broad SMARTS) is 1. The van der Waals surface area contributed by atoms with Gasteiger partial charge in [-0.15, -0.1) is 0 Å². The van der Waals surface area contributed by atoms with Crippen LogP contribution in [0.4, 0.5) is 0 Å². The lowest BCUT2D eigenvalue weighted by molar-refractivity contribution is -0.137. The minimum absolute atomic E-state index is 0.0402. The zero-order chi connectivity index (χ0) is 11.5. The molecule has 15 heavy (non-hydrogen) atoms. The summed E-state index contributed by atoms with van der Waals surface area (Å²) in [5.74, 6) is 0.00681. The van der Waals surface area contributed by atoms with E-state index < -0.39 is 5.97 Å². The first kappa shape index (κ1) is 12.0. The van der Waals surface area contributed by atoms with E-state index in [1.54, 1.807) is 0 Å². The van der Waals surface area contributed by atoms with Gasteiger partial charge in [-0.25, -0.2) is 4.99 Å². The summed E-state index contributed by atoms with van der Waals surface area (Å²) in [5.41, 5.74) is 0.167. The molecule has 0 radical (unpaired) electrons. The Balaban J connectivity index is 2.37. The Kier molecular flexibility index (Phi) is 3.72. The van der Waals surface area contributed by atoms with Gasteiger partial charge in [0, 0.05) is 12.8 Å². The van der Waals surface area contributed by atoms with Crippen LogP contribution in [0.15, 0.2) is 4.99 Å². The van der Waals surface area contributed by atoms with Gasteiger partial charge in [0.25, 0.3) is 0 Å². The van der Waals surface area contributed by atoms with E-state index in [9.17, 15) is 4.79 Å². The Morgan fingerprint density at radius 3 is 2.80 bits per heavy atom. The topological polar surface area (TPSA) is 58.9 Å². The molecule has 0 fully saturated rings. The van der Waals surface area contributed by atoms with Crippen LogP contribution in [-0.2, 0) is 9.53 Å². The van der Waals surface area contributed by atoms with Gasteiger partial charge < -0.3 is 9.84 Å². The average molecular weight is 213 g/mol. The highest BCUT2D eigenvalue weighted by Crippen LogP contribution is 2.23. The van der Waals surface area contributed by atoms with E-state index in [1.807, 2.05) is 0 Å². The van der Waals surface area contributed by atoms with Gasteiger partial charge >= 0.3 is 5.97 Å². The molecular weight excluding hydrogens is 194 g/mol. The SMILES string of the molecule is CC(C)(C)CC1=NC(CCC(=O)O)CO1. The van der Waals surface area contributed by atoms with Crippen molar-refractivity contribution in [2.75, 3.05) is 6.61 Å². The number of aliphatic imine (C=N–C) groups is 1. The Hall–Kier alpha value is -1.06. The number of nitrogens with zero attached hydrogens (tertiary/aromatic N) is 1. The third-order valence-electron chi connectivity index (χ3n) is 2.14. The number of hydrogen-bond acceptors (Lipinski definition) is 3. The molecule has 0 spiro atoms. The van der Waals surface area contributed by atoms with Crippen molar-refractivity contribution in [1.82, 2.24) is 0 Å². The van der Waals surface area contributed by atoms with Crippen molar-refractivity contribution in [3.63, 3.8) is 0 Å². The van der Waals surface area contributed by atoms with E-state index in [-0.39, 0.29) is 17.9 Å². The normalized spacial score (nSPS) is 21.0. The fourth-order valence-corrected chi connectivity index (χ4v) is 1.46. The van der Waals surface area contributed by atoms with Crippen LogP contribution in [0, 0.1) is 5.41 Å². The molecule has 1 rings (SSSR count). The lowest BCUT2D eigenvalue weighted by atomic mass is 9.92. The fraction of sp³-hybridized carbons (Fsp3) is 0.818. The molecule has 0 aromatic rings. The monoisotopic (exact) mass is 213 g/mol. The lowest BCUT2D eigenvalue weighted by Gasteiger charge is -2.16. The molecule has 0 saturated heterocycles. The largest absolute Gasteiger partial charge is 0.481 e. The summed E-state index contributed by atoms with van der Waals surface area (Å²) in [7, 11) is 0. The lowest BCUT2D eigenvalue weighted by Crippen LogP contribution is -2.12. The average Bonchev–Trinajstić information content (AvgIpc) is 2.45. The van der Waals surface area contributed by atoms with Crippen LogP contribution < -0.4 is 0 Å². The summed E-state index contributed by atoms with van der Waals surface area (Å²) < 4.78 is 5.43. The molecule has 1 aliphatic heterocycles. The second-order valence-electron chi connectivity index (χ2n) is 5.16. The minimum Gasteiger partial charge on any atom is -0.481 e. The van der Waals surface area contributed by atoms with Gasteiger partial charge in [0.1, 0.15) is 6.61 Å². The van der Waals surface area contributed by atoms with E-state index >= 15 is 0 Å².